The molecule has 1 aromatic rings. The summed E-state index contributed by atoms with van der Waals surface area (Å²) >= 11 is 0. The Hall–Kier alpha value is -1.76. The van der Waals surface area contributed by atoms with E-state index in [1.807, 2.05) is 20.9 Å². The second-order valence-electron chi connectivity index (χ2n) is 3.11. The van der Waals surface area contributed by atoms with Gasteiger partial charge in [0.2, 0.25) is 5.91 Å². The Bertz CT molecular complexity index is 421. The molecule has 0 saturated carbocycles. The molecule has 0 aliphatic carbocycles. The monoisotopic (exact) mass is 191 g/mol. The SMILES string of the molecule is Cc1nn(C)c(C)c1C#CCC(N)=O. The Morgan fingerprint density at radius 1 is 1.57 bits per heavy atom. The quantitative estimate of drug-likeness (QED) is 0.647. The lowest BCUT2D eigenvalue weighted by Gasteiger charge is -1.91. The van der Waals surface area contributed by atoms with Gasteiger partial charge in [0, 0.05) is 7.05 Å². The van der Waals surface area contributed by atoms with Crippen molar-refractivity contribution in [2.24, 2.45) is 12.8 Å². The summed E-state index contributed by atoms with van der Waals surface area (Å²) in [6.07, 6.45) is 0.0910. The van der Waals surface area contributed by atoms with Crippen LogP contribution < -0.4 is 5.73 Å². The molecule has 0 atom stereocenters. The van der Waals surface area contributed by atoms with Gasteiger partial charge in [-0.25, -0.2) is 0 Å². The molecule has 0 saturated heterocycles. The minimum Gasteiger partial charge on any atom is -0.369 e. The number of carbonyl (C=O) groups is 1. The first-order valence-corrected chi connectivity index (χ1v) is 4.29. The molecule has 4 nitrogen and oxygen atoms in total. The van der Waals surface area contributed by atoms with Gasteiger partial charge >= 0.3 is 0 Å². The molecule has 4 heteroatoms. The number of nitrogens with zero attached hydrogens (tertiary/aromatic N) is 2. The van der Waals surface area contributed by atoms with Gasteiger partial charge in [0.05, 0.1) is 23.4 Å². The van der Waals surface area contributed by atoms with Crippen LogP contribution in [0.15, 0.2) is 0 Å². The number of hydrogen-bond acceptors (Lipinski definition) is 2. The smallest absolute Gasteiger partial charge is 0.229 e. The summed E-state index contributed by atoms with van der Waals surface area (Å²) < 4.78 is 1.77. The van der Waals surface area contributed by atoms with E-state index >= 15 is 0 Å². The third kappa shape index (κ3) is 2.13. The van der Waals surface area contributed by atoms with Gasteiger partial charge in [0.15, 0.2) is 0 Å². The maximum Gasteiger partial charge on any atom is 0.229 e. The number of carbonyl (C=O) groups excluding carboxylic acids is 1. The summed E-state index contributed by atoms with van der Waals surface area (Å²) in [4.78, 5) is 10.5. The minimum absolute atomic E-state index is 0.0910. The van der Waals surface area contributed by atoms with Crippen molar-refractivity contribution in [2.75, 3.05) is 0 Å². The van der Waals surface area contributed by atoms with Crippen LogP contribution >= 0.6 is 0 Å². The lowest BCUT2D eigenvalue weighted by Crippen LogP contribution is -2.08. The predicted octanol–water partition coefficient (Wildman–Crippen LogP) is 0.264. The van der Waals surface area contributed by atoms with Crippen LogP contribution in [-0.4, -0.2) is 15.7 Å². The van der Waals surface area contributed by atoms with Gasteiger partial charge in [0.1, 0.15) is 0 Å². The molecule has 2 N–H and O–H groups in total. The first-order chi connectivity index (χ1) is 6.52. The van der Waals surface area contributed by atoms with Crippen LogP contribution in [0.2, 0.25) is 0 Å². The van der Waals surface area contributed by atoms with Crippen molar-refractivity contribution < 1.29 is 4.79 Å². The molecule has 1 aromatic heterocycles. The van der Waals surface area contributed by atoms with E-state index in [1.165, 1.54) is 0 Å². The standard InChI is InChI=1S/C10H13N3O/c1-7-9(5-4-6-10(11)14)8(2)13(3)12-7/h6H2,1-3H3,(H2,11,14). The van der Waals surface area contributed by atoms with Gasteiger partial charge in [-0.1, -0.05) is 11.8 Å². The summed E-state index contributed by atoms with van der Waals surface area (Å²) in [6.45, 7) is 3.83. The Morgan fingerprint density at radius 3 is 2.64 bits per heavy atom. The highest BCUT2D eigenvalue weighted by molar-refractivity contribution is 5.76. The van der Waals surface area contributed by atoms with Gasteiger partial charge in [-0.05, 0) is 13.8 Å². The number of hydrogen-bond donors (Lipinski definition) is 1. The average Bonchev–Trinajstić information content (AvgIpc) is 2.31. The first-order valence-electron chi connectivity index (χ1n) is 4.29. The Kier molecular flexibility index (Phi) is 2.92. The van der Waals surface area contributed by atoms with E-state index in [-0.39, 0.29) is 6.42 Å². The van der Waals surface area contributed by atoms with Crippen molar-refractivity contribution in [3.63, 3.8) is 0 Å². The second kappa shape index (κ2) is 3.97. The third-order valence-corrected chi connectivity index (χ3v) is 1.99. The van der Waals surface area contributed by atoms with Crippen LogP contribution in [0.1, 0.15) is 23.4 Å². The number of aromatic nitrogens is 2. The molecule has 0 aliphatic rings. The highest BCUT2D eigenvalue weighted by Gasteiger charge is 2.05. The Labute approximate surface area is 83.1 Å². The molecule has 0 unspecified atom stereocenters. The van der Waals surface area contributed by atoms with Crippen molar-refractivity contribution in [3.05, 3.63) is 17.0 Å². The fourth-order valence-electron chi connectivity index (χ4n) is 1.17. The van der Waals surface area contributed by atoms with Gasteiger partial charge in [0.25, 0.3) is 0 Å². The van der Waals surface area contributed by atoms with E-state index in [1.54, 1.807) is 4.68 Å². The second-order valence-corrected chi connectivity index (χ2v) is 3.11. The molecular formula is C10H13N3O. The van der Waals surface area contributed by atoms with Crippen molar-refractivity contribution in [3.8, 4) is 11.8 Å². The molecule has 14 heavy (non-hydrogen) atoms. The minimum atomic E-state index is -0.406. The van der Waals surface area contributed by atoms with E-state index in [4.69, 9.17) is 5.73 Å². The third-order valence-electron chi connectivity index (χ3n) is 1.99. The molecular weight excluding hydrogens is 178 g/mol. The summed E-state index contributed by atoms with van der Waals surface area (Å²) in [5, 5.41) is 4.21. The van der Waals surface area contributed by atoms with Crippen LogP contribution in [0.5, 0.6) is 0 Å². The summed E-state index contributed by atoms with van der Waals surface area (Å²) in [6, 6.07) is 0. The van der Waals surface area contributed by atoms with Crippen molar-refractivity contribution in [1.29, 1.82) is 0 Å². The van der Waals surface area contributed by atoms with Gasteiger partial charge in [-0.15, -0.1) is 0 Å². The van der Waals surface area contributed by atoms with Gasteiger partial charge < -0.3 is 5.73 Å². The van der Waals surface area contributed by atoms with Crippen molar-refractivity contribution in [2.45, 2.75) is 20.3 Å². The van der Waals surface area contributed by atoms with Crippen LogP contribution in [0.4, 0.5) is 0 Å². The predicted molar refractivity (Wildman–Crippen MR) is 53.4 cm³/mol. The fourth-order valence-corrected chi connectivity index (χ4v) is 1.17. The van der Waals surface area contributed by atoms with Gasteiger partial charge in [-0.2, -0.15) is 5.10 Å². The highest BCUT2D eigenvalue weighted by atomic mass is 16.1. The van der Waals surface area contributed by atoms with Crippen molar-refractivity contribution >= 4 is 5.91 Å². The summed E-state index contributed by atoms with van der Waals surface area (Å²) in [7, 11) is 1.86. The fraction of sp³-hybridized carbons (Fsp3) is 0.400. The maximum atomic E-state index is 10.5. The maximum absolute atomic E-state index is 10.5. The molecule has 1 amide bonds. The van der Waals surface area contributed by atoms with Crippen LogP contribution in [0, 0.1) is 25.7 Å². The molecule has 0 radical (unpaired) electrons. The number of nitrogens with two attached hydrogens (primary N) is 1. The Balaban J connectivity index is 2.94. The van der Waals surface area contributed by atoms with E-state index in [0.29, 0.717) is 0 Å². The lowest BCUT2D eigenvalue weighted by atomic mass is 10.2. The molecule has 74 valence electrons. The molecule has 0 aromatic carbocycles. The van der Waals surface area contributed by atoms with Crippen molar-refractivity contribution in [1.82, 2.24) is 9.78 Å². The first kappa shape index (κ1) is 10.3. The van der Waals surface area contributed by atoms with E-state index in [9.17, 15) is 4.79 Å². The summed E-state index contributed by atoms with van der Waals surface area (Å²) in [5.41, 5.74) is 7.74. The van der Waals surface area contributed by atoms with Crippen LogP contribution in [0.25, 0.3) is 0 Å². The normalized spacial score (nSPS) is 9.36. The topological polar surface area (TPSA) is 60.9 Å². The molecule has 1 heterocycles. The van der Waals surface area contributed by atoms with Crippen LogP contribution in [0.3, 0.4) is 0 Å². The molecule has 1 rings (SSSR count). The summed E-state index contributed by atoms with van der Waals surface area (Å²) in [5.74, 6) is 5.21. The van der Waals surface area contributed by atoms with E-state index < -0.39 is 5.91 Å². The average molecular weight is 191 g/mol. The molecule has 0 aliphatic heterocycles. The van der Waals surface area contributed by atoms with E-state index in [0.717, 1.165) is 17.0 Å². The molecule has 0 bridgehead atoms. The van der Waals surface area contributed by atoms with E-state index in [2.05, 4.69) is 16.9 Å². The molecule has 0 spiro atoms. The zero-order valence-corrected chi connectivity index (χ0v) is 8.59. The highest BCUT2D eigenvalue weighted by Crippen LogP contribution is 2.09. The zero-order valence-electron chi connectivity index (χ0n) is 8.59. The van der Waals surface area contributed by atoms with Gasteiger partial charge in [-0.3, -0.25) is 9.48 Å². The zero-order chi connectivity index (χ0) is 10.7. The van der Waals surface area contributed by atoms with Crippen LogP contribution in [-0.2, 0) is 11.8 Å². The Morgan fingerprint density at radius 2 is 2.21 bits per heavy atom. The number of aryl methyl sites for hydroxylation is 2. The molecule has 0 fully saturated rings. The number of primary amides is 1. The number of amides is 1. The number of rotatable bonds is 1. The largest absolute Gasteiger partial charge is 0.369 e. The lowest BCUT2D eigenvalue weighted by molar-refractivity contribution is -0.117.